The smallest absolute Gasteiger partial charge is 0.231 e. The number of hydrogen-bond donors (Lipinski definition) is 1. The summed E-state index contributed by atoms with van der Waals surface area (Å²) in [6.45, 7) is 1.12. The van der Waals surface area contributed by atoms with Crippen LogP contribution in [-0.2, 0) is 4.79 Å². The number of rotatable bonds is 6. The van der Waals surface area contributed by atoms with Crippen molar-refractivity contribution in [3.63, 3.8) is 0 Å². The monoisotopic (exact) mass is 391 g/mol. The van der Waals surface area contributed by atoms with Crippen molar-refractivity contribution in [1.29, 1.82) is 0 Å². The molecule has 28 heavy (non-hydrogen) atoms. The lowest BCUT2D eigenvalue weighted by Gasteiger charge is -2.20. The van der Waals surface area contributed by atoms with Gasteiger partial charge in [-0.15, -0.1) is 11.8 Å². The Morgan fingerprint density at radius 2 is 1.46 bits per heavy atom. The van der Waals surface area contributed by atoms with E-state index in [1.165, 1.54) is 11.8 Å². The van der Waals surface area contributed by atoms with Crippen LogP contribution in [0.1, 0.15) is 17.2 Å². The topological polar surface area (TPSA) is 47.6 Å². The first kappa shape index (κ1) is 18.4. The fourth-order valence-electron chi connectivity index (χ4n) is 3.12. The highest BCUT2D eigenvalue weighted by atomic mass is 32.2. The molecule has 0 saturated heterocycles. The molecule has 1 amide bonds. The number of nitrogens with one attached hydrogen (secondary N) is 1. The molecule has 3 aromatic rings. The number of ether oxygens (including phenoxy) is 2. The number of carbonyl (C=O) groups is 1. The van der Waals surface area contributed by atoms with E-state index in [-0.39, 0.29) is 11.9 Å². The number of hydrogen-bond acceptors (Lipinski definition) is 4. The molecule has 0 spiro atoms. The Balaban J connectivity index is 1.43. The molecule has 0 atom stereocenters. The molecule has 0 unspecified atom stereocenters. The number of thioether (sulfide) groups is 1. The van der Waals surface area contributed by atoms with Crippen molar-refractivity contribution >= 4 is 17.7 Å². The normalized spacial score (nSPS) is 12.6. The second kappa shape index (κ2) is 8.85. The van der Waals surface area contributed by atoms with E-state index in [1.54, 1.807) is 0 Å². The largest absolute Gasteiger partial charge is 0.486 e. The summed E-state index contributed by atoms with van der Waals surface area (Å²) in [6.07, 6.45) is 0. The molecule has 4 nitrogen and oxygen atoms in total. The third kappa shape index (κ3) is 4.49. The van der Waals surface area contributed by atoms with Gasteiger partial charge in [-0.05, 0) is 29.3 Å². The summed E-state index contributed by atoms with van der Waals surface area (Å²) in [5, 5.41) is 3.17. The first-order valence-electron chi connectivity index (χ1n) is 9.21. The number of amides is 1. The van der Waals surface area contributed by atoms with E-state index in [2.05, 4.69) is 5.32 Å². The van der Waals surface area contributed by atoms with Gasteiger partial charge in [-0.25, -0.2) is 0 Å². The maximum Gasteiger partial charge on any atom is 0.231 e. The predicted octanol–water partition coefficient (Wildman–Crippen LogP) is 4.46. The van der Waals surface area contributed by atoms with Crippen LogP contribution in [0, 0.1) is 0 Å². The van der Waals surface area contributed by atoms with Gasteiger partial charge in [0.1, 0.15) is 13.2 Å². The molecule has 3 aromatic carbocycles. The first-order chi connectivity index (χ1) is 13.8. The van der Waals surface area contributed by atoms with Gasteiger partial charge in [0, 0.05) is 4.90 Å². The van der Waals surface area contributed by atoms with Gasteiger partial charge < -0.3 is 14.8 Å². The van der Waals surface area contributed by atoms with Crippen LogP contribution >= 0.6 is 11.8 Å². The molecule has 0 aliphatic carbocycles. The number of fused-ring (bicyclic) bond motifs is 1. The maximum atomic E-state index is 12.7. The summed E-state index contributed by atoms with van der Waals surface area (Å²) in [5.41, 5.74) is 2.12. The second-order valence-electron chi connectivity index (χ2n) is 6.42. The molecular formula is C23H21NO3S. The van der Waals surface area contributed by atoms with Gasteiger partial charge in [0.15, 0.2) is 11.5 Å². The zero-order chi connectivity index (χ0) is 19.2. The number of benzene rings is 3. The second-order valence-corrected chi connectivity index (χ2v) is 7.46. The van der Waals surface area contributed by atoms with E-state index in [1.807, 2.05) is 78.9 Å². The lowest BCUT2D eigenvalue weighted by molar-refractivity contribution is -0.119. The molecule has 1 aliphatic rings. The van der Waals surface area contributed by atoms with Crippen LogP contribution in [0.3, 0.4) is 0 Å². The molecule has 1 heterocycles. The summed E-state index contributed by atoms with van der Waals surface area (Å²) < 4.78 is 11.2. The molecule has 0 bridgehead atoms. The highest BCUT2D eigenvalue weighted by Crippen LogP contribution is 2.34. The van der Waals surface area contributed by atoms with Gasteiger partial charge in [0.25, 0.3) is 0 Å². The average molecular weight is 391 g/mol. The summed E-state index contributed by atoms with van der Waals surface area (Å²) in [4.78, 5) is 13.7. The van der Waals surface area contributed by atoms with Crippen molar-refractivity contribution in [1.82, 2.24) is 5.32 Å². The van der Waals surface area contributed by atoms with E-state index in [0.29, 0.717) is 19.0 Å². The van der Waals surface area contributed by atoms with E-state index in [0.717, 1.165) is 27.5 Å². The molecule has 4 rings (SSSR count). The van der Waals surface area contributed by atoms with Crippen molar-refractivity contribution in [2.45, 2.75) is 10.9 Å². The molecule has 0 saturated carbocycles. The fraction of sp³-hybridized carbons (Fsp3) is 0.174. The Bertz CT molecular complexity index is 892. The Labute approximate surface area is 168 Å². The van der Waals surface area contributed by atoms with Crippen molar-refractivity contribution < 1.29 is 14.3 Å². The third-order valence-electron chi connectivity index (χ3n) is 4.45. The quantitative estimate of drug-likeness (QED) is 0.631. The summed E-state index contributed by atoms with van der Waals surface area (Å²) in [7, 11) is 0. The summed E-state index contributed by atoms with van der Waals surface area (Å²) in [6, 6.07) is 25.6. The zero-order valence-corrected chi connectivity index (χ0v) is 16.2. The zero-order valence-electron chi connectivity index (χ0n) is 15.3. The van der Waals surface area contributed by atoms with E-state index in [4.69, 9.17) is 9.47 Å². The Morgan fingerprint density at radius 3 is 2.11 bits per heavy atom. The van der Waals surface area contributed by atoms with Crippen molar-refractivity contribution in [2.75, 3.05) is 19.0 Å². The summed E-state index contributed by atoms with van der Waals surface area (Å²) >= 11 is 1.49. The minimum Gasteiger partial charge on any atom is -0.486 e. The maximum absolute atomic E-state index is 12.7. The van der Waals surface area contributed by atoms with Crippen molar-refractivity contribution in [2.24, 2.45) is 0 Å². The van der Waals surface area contributed by atoms with Gasteiger partial charge in [-0.1, -0.05) is 60.7 Å². The van der Waals surface area contributed by atoms with Crippen molar-refractivity contribution in [3.8, 4) is 11.5 Å². The van der Waals surface area contributed by atoms with Gasteiger partial charge in [0.2, 0.25) is 5.91 Å². The van der Waals surface area contributed by atoms with Gasteiger partial charge in [0.05, 0.1) is 11.8 Å². The van der Waals surface area contributed by atoms with Crippen LogP contribution in [0.2, 0.25) is 0 Å². The summed E-state index contributed by atoms with van der Waals surface area (Å²) in [5.74, 6) is 1.81. The SMILES string of the molecule is O=C(CSc1ccc2c(c1)OCCO2)NC(c1ccccc1)c1ccccc1. The lowest BCUT2D eigenvalue weighted by atomic mass is 9.99. The molecule has 1 N–H and O–H groups in total. The molecule has 0 fully saturated rings. The van der Waals surface area contributed by atoms with Crippen molar-refractivity contribution in [3.05, 3.63) is 90.0 Å². The van der Waals surface area contributed by atoms with Crippen LogP contribution in [0.25, 0.3) is 0 Å². The van der Waals surface area contributed by atoms with Gasteiger partial charge in [-0.3, -0.25) is 4.79 Å². The average Bonchev–Trinajstić information content (AvgIpc) is 2.77. The highest BCUT2D eigenvalue weighted by molar-refractivity contribution is 8.00. The third-order valence-corrected chi connectivity index (χ3v) is 5.45. The van der Waals surface area contributed by atoms with E-state index in [9.17, 15) is 4.79 Å². The Morgan fingerprint density at radius 1 is 0.857 bits per heavy atom. The molecule has 142 valence electrons. The Kier molecular flexibility index (Phi) is 5.83. The Hall–Kier alpha value is -2.92. The lowest BCUT2D eigenvalue weighted by Crippen LogP contribution is -2.30. The van der Waals surface area contributed by atoms with Crippen LogP contribution in [-0.4, -0.2) is 24.9 Å². The fourth-order valence-corrected chi connectivity index (χ4v) is 3.85. The minimum absolute atomic E-state index is 0.0161. The van der Waals surface area contributed by atoms with Crippen LogP contribution < -0.4 is 14.8 Å². The standard InChI is InChI=1S/C23H21NO3S/c25-22(16-28-19-11-12-20-21(15-19)27-14-13-26-20)24-23(17-7-3-1-4-8-17)18-9-5-2-6-10-18/h1-12,15,23H,13-14,16H2,(H,24,25). The predicted molar refractivity (Wildman–Crippen MR) is 111 cm³/mol. The van der Waals surface area contributed by atoms with Crippen LogP contribution in [0.5, 0.6) is 11.5 Å². The molecule has 0 aromatic heterocycles. The molecule has 0 radical (unpaired) electrons. The number of carbonyl (C=O) groups excluding carboxylic acids is 1. The highest BCUT2D eigenvalue weighted by Gasteiger charge is 2.17. The molecular weight excluding hydrogens is 370 g/mol. The molecule has 1 aliphatic heterocycles. The van der Waals surface area contributed by atoms with Crippen LogP contribution in [0.15, 0.2) is 83.8 Å². The van der Waals surface area contributed by atoms with E-state index >= 15 is 0 Å². The first-order valence-corrected chi connectivity index (χ1v) is 10.2. The van der Waals surface area contributed by atoms with E-state index < -0.39 is 0 Å². The minimum atomic E-state index is -0.171. The van der Waals surface area contributed by atoms with Crippen LogP contribution in [0.4, 0.5) is 0 Å². The molecule has 5 heteroatoms. The van der Waals surface area contributed by atoms with Gasteiger partial charge in [-0.2, -0.15) is 0 Å². The van der Waals surface area contributed by atoms with Gasteiger partial charge >= 0.3 is 0 Å².